The van der Waals surface area contributed by atoms with Gasteiger partial charge in [0.1, 0.15) is 11.6 Å². The molecular weight excluding hydrogens is 312 g/mol. The van der Waals surface area contributed by atoms with Gasteiger partial charge in [-0.15, -0.1) is 27.8 Å². The fourth-order valence-electron chi connectivity index (χ4n) is 1.70. The molecule has 3 rings (SSSR count). The van der Waals surface area contributed by atoms with Crippen LogP contribution >= 0.6 is 22.7 Å². The molecule has 0 amide bonds. The van der Waals surface area contributed by atoms with Crippen molar-refractivity contribution in [1.29, 1.82) is 0 Å². The highest BCUT2D eigenvalue weighted by molar-refractivity contribution is 7.13. The van der Waals surface area contributed by atoms with Crippen molar-refractivity contribution in [2.24, 2.45) is 10.2 Å². The fourth-order valence-corrected chi connectivity index (χ4v) is 2.97. The molecule has 0 aliphatic heterocycles. The van der Waals surface area contributed by atoms with Gasteiger partial charge < -0.3 is 0 Å². The highest BCUT2D eigenvalue weighted by Gasteiger charge is 2.10. The Kier molecular flexibility index (Phi) is 4.12. The predicted octanol–water partition coefficient (Wildman–Crippen LogP) is 5.43. The Morgan fingerprint density at radius 3 is 2.81 bits per heavy atom. The average molecular weight is 321 g/mol. The third kappa shape index (κ3) is 3.37. The maximum absolute atomic E-state index is 13.7. The van der Waals surface area contributed by atoms with Gasteiger partial charge in [0, 0.05) is 21.9 Å². The van der Waals surface area contributed by atoms with E-state index < -0.39 is 11.6 Å². The monoisotopic (exact) mass is 321 g/mol. The van der Waals surface area contributed by atoms with E-state index in [1.165, 1.54) is 23.5 Å². The number of halogens is 2. The minimum atomic E-state index is -0.637. The number of benzene rings is 1. The normalized spacial score (nSPS) is 11.3. The lowest BCUT2D eigenvalue weighted by molar-refractivity contribution is 0.585. The lowest BCUT2D eigenvalue weighted by Gasteiger charge is -1.98. The van der Waals surface area contributed by atoms with Crippen molar-refractivity contribution >= 4 is 27.8 Å². The first-order valence-electron chi connectivity index (χ1n) is 6.03. The van der Waals surface area contributed by atoms with Crippen LogP contribution < -0.4 is 0 Å². The first-order chi connectivity index (χ1) is 10.2. The van der Waals surface area contributed by atoms with Gasteiger partial charge in [0.2, 0.25) is 5.13 Å². The van der Waals surface area contributed by atoms with Crippen LogP contribution in [0.4, 0.5) is 13.9 Å². The van der Waals surface area contributed by atoms with Crippen molar-refractivity contribution < 1.29 is 8.78 Å². The molecule has 0 saturated carbocycles. The van der Waals surface area contributed by atoms with E-state index in [4.69, 9.17) is 0 Å². The predicted molar refractivity (Wildman–Crippen MR) is 80.0 cm³/mol. The van der Waals surface area contributed by atoms with E-state index in [9.17, 15) is 8.78 Å². The number of aromatic nitrogens is 1. The first-order valence-corrected chi connectivity index (χ1v) is 7.79. The summed E-state index contributed by atoms with van der Waals surface area (Å²) in [7, 11) is 0. The zero-order valence-corrected chi connectivity index (χ0v) is 12.3. The molecule has 2 heterocycles. The fraction of sp³-hybridized carbons (Fsp3) is 0.0714. The van der Waals surface area contributed by atoms with Gasteiger partial charge in [-0.25, -0.2) is 13.8 Å². The second kappa shape index (κ2) is 6.19. The number of hydrogen-bond donors (Lipinski definition) is 0. The summed E-state index contributed by atoms with van der Waals surface area (Å²) in [5.74, 6) is -1.25. The van der Waals surface area contributed by atoms with Crippen LogP contribution in [-0.4, -0.2) is 4.98 Å². The molecule has 0 atom stereocenters. The Hall–Kier alpha value is -1.99. The molecule has 0 saturated heterocycles. The Labute approximate surface area is 127 Å². The van der Waals surface area contributed by atoms with E-state index in [1.54, 1.807) is 16.7 Å². The van der Waals surface area contributed by atoms with Crippen molar-refractivity contribution in [2.45, 2.75) is 6.54 Å². The van der Waals surface area contributed by atoms with E-state index in [0.717, 1.165) is 10.9 Å². The summed E-state index contributed by atoms with van der Waals surface area (Å²) in [6.07, 6.45) is 0. The molecule has 0 unspecified atom stereocenters. The van der Waals surface area contributed by atoms with Gasteiger partial charge in [0.25, 0.3) is 0 Å². The number of hydrogen-bond acceptors (Lipinski definition) is 5. The van der Waals surface area contributed by atoms with Crippen molar-refractivity contribution in [2.75, 3.05) is 0 Å². The lowest BCUT2D eigenvalue weighted by Crippen LogP contribution is -1.85. The van der Waals surface area contributed by atoms with Crippen LogP contribution in [0.3, 0.4) is 0 Å². The van der Waals surface area contributed by atoms with Crippen LogP contribution in [-0.2, 0) is 6.54 Å². The number of nitrogens with zero attached hydrogens (tertiary/aromatic N) is 3. The molecule has 0 N–H and O–H groups in total. The zero-order valence-electron chi connectivity index (χ0n) is 10.7. The van der Waals surface area contributed by atoms with Gasteiger partial charge in [0.15, 0.2) is 0 Å². The van der Waals surface area contributed by atoms with Crippen LogP contribution in [0.1, 0.15) is 4.88 Å². The molecular formula is C14H9F2N3S2. The van der Waals surface area contributed by atoms with Crippen molar-refractivity contribution in [3.8, 4) is 11.3 Å². The van der Waals surface area contributed by atoms with E-state index in [2.05, 4.69) is 15.2 Å². The van der Waals surface area contributed by atoms with Crippen LogP contribution in [0.2, 0.25) is 0 Å². The number of rotatable bonds is 4. The zero-order chi connectivity index (χ0) is 14.7. The second-order valence-electron chi connectivity index (χ2n) is 4.12. The third-order valence-electron chi connectivity index (χ3n) is 2.66. The van der Waals surface area contributed by atoms with Crippen LogP contribution in [0.25, 0.3) is 11.3 Å². The van der Waals surface area contributed by atoms with Crippen LogP contribution in [0, 0.1) is 11.6 Å². The molecule has 0 radical (unpaired) electrons. The molecule has 0 bridgehead atoms. The quantitative estimate of drug-likeness (QED) is 0.590. The molecule has 3 nitrogen and oxygen atoms in total. The van der Waals surface area contributed by atoms with E-state index in [0.29, 0.717) is 17.4 Å². The Morgan fingerprint density at radius 2 is 2.05 bits per heavy atom. The topological polar surface area (TPSA) is 37.6 Å². The minimum Gasteiger partial charge on any atom is -0.217 e. The minimum absolute atomic E-state index is 0.257. The standard InChI is InChI=1S/C14H9F2N3S2/c15-9-3-4-11(12(16)6-9)13-8-21-14(18-13)19-17-7-10-2-1-5-20-10/h1-6,8H,7H2. The van der Waals surface area contributed by atoms with Crippen LogP contribution in [0.15, 0.2) is 51.3 Å². The van der Waals surface area contributed by atoms with E-state index in [-0.39, 0.29) is 5.56 Å². The smallest absolute Gasteiger partial charge is 0.217 e. The second-order valence-corrected chi connectivity index (χ2v) is 5.99. The highest BCUT2D eigenvalue weighted by Crippen LogP contribution is 2.29. The summed E-state index contributed by atoms with van der Waals surface area (Å²) < 4.78 is 26.5. The molecule has 3 aromatic rings. The van der Waals surface area contributed by atoms with Gasteiger partial charge >= 0.3 is 0 Å². The molecule has 2 aromatic heterocycles. The lowest BCUT2D eigenvalue weighted by atomic mass is 10.1. The van der Waals surface area contributed by atoms with E-state index >= 15 is 0 Å². The summed E-state index contributed by atoms with van der Waals surface area (Å²) in [6, 6.07) is 7.34. The maximum Gasteiger partial charge on any atom is 0.230 e. The highest BCUT2D eigenvalue weighted by atomic mass is 32.1. The number of thiazole rings is 1. The summed E-state index contributed by atoms with van der Waals surface area (Å²) in [4.78, 5) is 5.30. The summed E-state index contributed by atoms with van der Waals surface area (Å²) in [5.41, 5.74) is 0.690. The van der Waals surface area contributed by atoms with Gasteiger partial charge in [-0.2, -0.15) is 5.11 Å². The summed E-state index contributed by atoms with van der Waals surface area (Å²) in [5, 5.41) is 12.2. The largest absolute Gasteiger partial charge is 0.230 e. The van der Waals surface area contributed by atoms with E-state index in [1.807, 2.05) is 17.5 Å². The molecule has 7 heteroatoms. The molecule has 0 spiro atoms. The van der Waals surface area contributed by atoms with Gasteiger partial charge in [-0.05, 0) is 23.6 Å². The molecule has 0 fully saturated rings. The molecule has 106 valence electrons. The number of thiophene rings is 1. The molecule has 0 aliphatic rings. The number of azo groups is 1. The van der Waals surface area contributed by atoms with Gasteiger partial charge in [-0.1, -0.05) is 6.07 Å². The van der Waals surface area contributed by atoms with Gasteiger partial charge in [-0.3, -0.25) is 0 Å². The Bertz CT molecular complexity index is 766. The first kappa shape index (κ1) is 14.0. The molecule has 0 aliphatic carbocycles. The average Bonchev–Trinajstić information content (AvgIpc) is 3.10. The Balaban J connectivity index is 1.75. The van der Waals surface area contributed by atoms with Crippen molar-refractivity contribution in [3.05, 3.63) is 57.6 Å². The SMILES string of the molecule is Fc1ccc(-c2csc(N=NCc3cccs3)n2)c(F)c1. The van der Waals surface area contributed by atoms with Crippen LogP contribution in [0.5, 0.6) is 0 Å². The summed E-state index contributed by atoms with van der Waals surface area (Å²) in [6.45, 7) is 0.498. The third-order valence-corrected chi connectivity index (χ3v) is 4.25. The molecule has 1 aromatic carbocycles. The Morgan fingerprint density at radius 1 is 1.14 bits per heavy atom. The maximum atomic E-state index is 13.7. The van der Waals surface area contributed by atoms with Crippen molar-refractivity contribution in [1.82, 2.24) is 4.98 Å². The molecule has 21 heavy (non-hydrogen) atoms. The van der Waals surface area contributed by atoms with Gasteiger partial charge in [0.05, 0.1) is 12.2 Å². The van der Waals surface area contributed by atoms with Crippen molar-refractivity contribution in [3.63, 3.8) is 0 Å². The summed E-state index contributed by atoms with van der Waals surface area (Å²) >= 11 is 2.87.